The van der Waals surface area contributed by atoms with E-state index in [1.165, 1.54) is 6.07 Å². The average molecular weight is 262 g/mol. The number of anilines is 1. The van der Waals surface area contributed by atoms with Crippen LogP contribution in [0.5, 0.6) is 0 Å². The molecule has 102 valence electrons. The number of rotatable bonds is 6. The van der Waals surface area contributed by atoms with Crippen molar-refractivity contribution in [3.63, 3.8) is 0 Å². The summed E-state index contributed by atoms with van der Waals surface area (Å²) in [5.74, 6) is -0.184. The van der Waals surface area contributed by atoms with Crippen LogP contribution < -0.4 is 11.1 Å². The van der Waals surface area contributed by atoms with Crippen LogP contribution in [0.4, 0.5) is 10.1 Å². The van der Waals surface area contributed by atoms with Crippen LogP contribution in [0.2, 0.25) is 0 Å². The molecule has 0 amide bonds. The molecule has 3 N–H and O–H groups in total. The third kappa shape index (κ3) is 3.32. The molecule has 4 nitrogen and oxygen atoms in total. The van der Waals surface area contributed by atoms with Gasteiger partial charge in [-0.3, -0.25) is 4.68 Å². The first-order valence-electron chi connectivity index (χ1n) is 6.40. The topological polar surface area (TPSA) is 55.9 Å². The van der Waals surface area contributed by atoms with E-state index in [0.717, 1.165) is 24.3 Å². The number of nitrogens with zero attached hydrogens (tertiary/aromatic N) is 2. The van der Waals surface area contributed by atoms with Gasteiger partial charge in [-0.1, -0.05) is 18.2 Å². The maximum Gasteiger partial charge on any atom is 0.126 e. The lowest BCUT2D eigenvalue weighted by Crippen LogP contribution is -2.10. The van der Waals surface area contributed by atoms with Gasteiger partial charge in [0.25, 0.3) is 0 Å². The second-order valence-corrected chi connectivity index (χ2v) is 4.47. The molecule has 0 aliphatic carbocycles. The highest BCUT2D eigenvalue weighted by molar-refractivity contribution is 5.48. The summed E-state index contributed by atoms with van der Waals surface area (Å²) in [4.78, 5) is 0. The van der Waals surface area contributed by atoms with Crippen LogP contribution in [0.15, 0.2) is 30.5 Å². The number of benzene rings is 1. The maximum absolute atomic E-state index is 13.7. The molecule has 0 fully saturated rings. The minimum absolute atomic E-state index is 0.184. The summed E-state index contributed by atoms with van der Waals surface area (Å²) in [7, 11) is 1.87. The predicted octanol–water partition coefficient (Wildman–Crippen LogP) is 1.91. The lowest BCUT2D eigenvalue weighted by atomic mass is 10.1. The highest BCUT2D eigenvalue weighted by Crippen LogP contribution is 2.19. The zero-order valence-electron chi connectivity index (χ0n) is 11.1. The Morgan fingerprint density at radius 2 is 2.16 bits per heavy atom. The quantitative estimate of drug-likeness (QED) is 0.782. The van der Waals surface area contributed by atoms with Crippen LogP contribution in [0.25, 0.3) is 0 Å². The van der Waals surface area contributed by atoms with Gasteiger partial charge in [-0.05, 0) is 24.6 Å². The fourth-order valence-corrected chi connectivity index (χ4v) is 1.97. The first-order chi connectivity index (χ1) is 9.22. The third-order valence-electron chi connectivity index (χ3n) is 3.07. The van der Waals surface area contributed by atoms with Gasteiger partial charge in [0.2, 0.25) is 0 Å². The van der Waals surface area contributed by atoms with Crippen molar-refractivity contribution in [3.05, 3.63) is 47.5 Å². The van der Waals surface area contributed by atoms with Gasteiger partial charge >= 0.3 is 0 Å². The molecule has 0 saturated carbocycles. The average Bonchev–Trinajstić information content (AvgIpc) is 2.74. The van der Waals surface area contributed by atoms with Gasteiger partial charge in [-0.2, -0.15) is 5.10 Å². The first kappa shape index (κ1) is 13.5. The molecule has 1 aromatic carbocycles. The fourth-order valence-electron chi connectivity index (χ4n) is 1.97. The van der Waals surface area contributed by atoms with E-state index >= 15 is 0 Å². The van der Waals surface area contributed by atoms with E-state index < -0.39 is 0 Å². The molecule has 1 aromatic heterocycles. The minimum atomic E-state index is -0.184. The Morgan fingerprint density at radius 3 is 2.89 bits per heavy atom. The highest BCUT2D eigenvalue weighted by atomic mass is 19.1. The van der Waals surface area contributed by atoms with Gasteiger partial charge in [-0.25, -0.2) is 4.39 Å². The maximum atomic E-state index is 13.7. The molecular weight excluding hydrogens is 243 g/mol. The van der Waals surface area contributed by atoms with Crippen molar-refractivity contribution in [1.29, 1.82) is 0 Å². The van der Waals surface area contributed by atoms with Crippen LogP contribution in [0, 0.1) is 5.82 Å². The Morgan fingerprint density at radius 1 is 1.37 bits per heavy atom. The molecular formula is C14H19FN4. The monoisotopic (exact) mass is 262 g/mol. The van der Waals surface area contributed by atoms with Crippen molar-refractivity contribution >= 4 is 5.69 Å². The molecule has 5 heteroatoms. The van der Waals surface area contributed by atoms with Gasteiger partial charge in [0, 0.05) is 20.0 Å². The molecule has 19 heavy (non-hydrogen) atoms. The Kier molecular flexibility index (Phi) is 4.52. The highest BCUT2D eigenvalue weighted by Gasteiger charge is 2.11. The number of hydrogen-bond acceptors (Lipinski definition) is 3. The van der Waals surface area contributed by atoms with Crippen molar-refractivity contribution < 1.29 is 4.39 Å². The van der Waals surface area contributed by atoms with E-state index in [4.69, 9.17) is 5.73 Å². The second kappa shape index (κ2) is 6.33. The first-order valence-corrected chi connectivity index (χ1v) is 6.40. The summed E-state index contributed by atoms with van der Waals surface area (Å²) in [5.41, 5.74) is 8.06. The summed E-state index contributed by atoms with van der Waals surface area (Å²) in [6.45, 7) is 1.45. The van der Waals surface area contributed by atoms with Gasteiger partial charge < -0.3 is 11.1 Å². The molecule has 2 rings (SSSR count). The number of aromatic nitrogens is 2. The lowest BCUT2D eigenvalue weighted by molar-refractivity contribution is 0.609. The summed E-state index contributed by atoms with van der Waals surface area (Å²) < 4.78 is 15.5. The Hall–Kier alpha value is -1.88. The summed E-state index contributed by atoms with van der Waals surface area (Å²) in [5, 5.41) is 7.51. The molecule has 0 aliphatic heterocycles. The summed E-state index contributed by atoms with van der Waals surface area (Å²) in [6.07, 6.45) is 3.19. The minimum Gasteiger partial charge on any atom is -0.382 e. The van der Waals surface area contributed by atoms with Gasteiger partial charge in [0.05, 0.1) is 17.6 Å². The fraction of sp³-hybridized carbons (Fsp3) is 0.357. The lowest BCUT2D eigenvalue weighted by Gasteiger charge is -2.09. The number of halogens is 1. The number of nitrogens with two attached hydrogens (primary N) is 1. The summed E-state index contributed by atoms with van der Waals surface area (Å²) >= 11 is 0. The Labute approximate surface area is 112 Å². The molecule has 0 aliphatic rings. The molecule has 0 atom stereocenters. The SMILES string of the molecule is Cn1ncc(NCCCN)c1Cc1ccccc1F. The van der Waals surface area contributed by atoms with Crippen molar-refractivity contribution in [3.8, 4) is 0 Å². The van der Waals surface area contributed by atoms with Crippen LogP contribution in [0.1, 0.15) is 17.7 Å². The van der Waals surface area contributed by atoms with Crippen molar-refractivity contribution in [1.82, 2.24) is 9.78 Å². The van der Waals surface area contributed by atoms with E-state index in [2.05, 4.69) is 10.4 Å². The molecule has 0 saturated heterocycles. The molecule has 0 bridgehead atoms. The largest absolute Gasteiger partial charge is 0.382 e. The molecule has 0 radical (unpaired) electrons. The number of aryl methyl sites for hydroxylation is 1. The normalized spacial score (nSPS) is 10.7. The molecule has 1 heterocycles. The van der Waals surface area contributed by atoms with Crippen LogP contribution in [-0.4, -0.2) is 22.9 Å². The van der Waals surface area contributed by atoms with E-state index in [9.17, 15) is 4.39 Å². The third-order valence-corrected chi connectivity index (χ3v) is 3.07. The standard InChI is InChI=1S/C14H19FN4/c1-19-14(9-11-5-2-3-6-12(11)15)13(10-18-19)17-8-4-7-16/h2-3,5-6,10,17H,4,7-9,16H2,1H3. The van der Waals surface area contributed by atoms with Crippen molar-refractivity contribution in [2.45, 2.75) is 12.8 Å². The van der Waals surface area contributed by atoms with E-state index in [1.807, 2.05) is 13.1 Å². The zero-order chi connectivity index (χ0) is 13.7. The van der Waals surface area contributed by atoms with Gasteiger partial charge in [0.15, 0.2) is 0 Å². The number of nitrogens with one attached hydrogen (secondary N) is 1. The van der Waals surface area contributed by atoms with E-state index in [1.54, 1.807) is 23.0 Å². The smallest absolute Gasteiger partial charge is 0.126 e. The van der Waals surface area contributed by atoms with Crippen LogP contribution in [0.3, 0.4) is 0 Å². The number of hydrogen-bond donors (Lipinski definition) is 2. The zero-order valence-corrected chi connectivity index (χ0v) is 11.1. The second-order valence-electron chi connectivity index (χ2n) is 4.47. The van der Waals surface area contributed by atoms with Gasteiger partial charge in [0.1, 0.15) is 5.82 Å². The van der Waals surface area contributed by atoms with E-state index in [-0.39, 0.29) is 5.82 Å². The Balaban J connectivity index is 2.15. The van der Waals surface area contributed by atoms with Crippen molar-refractivity contribution in [2.75, 3.05) is 18.4 Å². The molecule has 0 unspecified atom stereocenters. The summed E-state index contributed by atoms with van der Waals surface area (Å²) in [6, 6.07) is 6.82. The van der Waals surface area contributed by atoms with Gasteiger partial charge in [-0.15, -0.1) is 0 Å². The van der Waals surface area contributed by atoms with E-state index in [0.29, 0.717) is 18.5 Å². The van der Waals surface area contributed by atoms with Crippen LogP contribution >= 0.6 is 0 Å². The Bertz CT molecular complexity index is 536. The molecule has 0 spiro atoms. The van der Waals surface area contributed by atoms with Crippen molar-refractivity contribution in [2.24, 2.45) is 12.8 Å². The van der Waals surface area contributed by atoms with Crippen LogP contribution in [-0.2, 0) is 13.5 Å². The molecule has 2 aromatic rings. The predicted molar refractivity (Wildman–Crippen MR) is 74.6 cm³/mol.